The highest BCUT2D eigenvalue weighted by Crippen LogP contribution is 2.41. The van der Waals surface area contributed by atoms with Gasteiger partial charge in [0, 0.05) is 31.9 Å². The third-order valence-corrected chi connectivity index (χ3v) is 6.71. The Morgan fingerprint density at radius 3 is 2.34 bits per heavy atom. The molecule has 2 aromatic heterocycles. The molecule has 142 valence electrons. The fourth-order valence-corrected chi connectivity index (χ4v) is 5.12. The lowest BCUT2D eigenvalue weighted by Crippen LogP contribution is -2.11. The normalized spacial score (nSPS) is 12.0. The third-order valence-electron chi connectivity index (χ3n) is 5.51. The molecule has 0 saturated heterocycles. The highest BCUT2D eigenvalue weighted by molar-refractivity contribution is 7.26. The largest absolute Gasteiger partial charge is 0.256 e. The van der Waals surface area contributed by atoms with E-state index in [1.54, 1.807) is 0 Å². The lowest BCUT2D eigenvalue weighted by molar-refractivity contribution is 0.589. The van der Waals surface area contributed by atoms with Crippen molar-refractivity contribution in [2.75, 3.05) is 0 Å². The fraction of sp³-hybridized carbons (Fsp3) is 0.148. The third kappa shape index (κ3) is 3.24. The van der Waals surface area contributed by atoms with Crippen molar-refractivity contribution >= 4 is 31.5 Å². The molecule has 1 nitrogen and oxygen atoms in total. The van der Waals surface area contributed by atoms with Gasteiger partial charge < -0.3 is 0 Å². The Bertz CT molecular complexity index is 1320. The first-order valence-corrected chi connectivity index (χ1v) is 10.8. The molecule has 0 radical (unpaired) electrons. The van der Waals surface area contributed by atoms with Gasteiger partial charge in [-0.25, -0.2) is 0 Å². The average Bonchev–Trinajstić information content (AvgIpc) is 3.12. The Balaban J connectivity index is 1.70. The number of rotatable bonds is 2. The molecule has 3 aromatic carbocycles. The molecule has 0 saturated carbocycles. The number of benzene rings is 3. The van der Waals surface area contributed by atoms with Crippen LogP contribution in [0.2, 0.25) is 0 Å². The van der Waals surface area contributed by atoms with Crippen molar-refractivity contribution < 1.29 is 0 Å². The molecule has 0 aliphatic heterocycles. The van der Waals surface area contributed by atoms with E-state index in [0.29, 0.717) is 0 Å². The van der Waals surface area contributed by atoms with E-state index in [4.69, 9.17) is 4.98 Å². The molecule has 0 aliphatic rings. The Morgan fingerprint density at radius 2 is 1.55 bits per heavy atom. The summed E-state index contributed by atoms with van der Waals surface area (Å²) >= 11 is 1.87. The van der Waals surface area contributed by atoms with Gasteiger partial charge in [-0.3, -0.25) is 4.98 Å². The van der Waals surface area contributed by atoms with Gasteiger partial charge in [0.2, 0.25) is 0 Å². The summed E-state index contributed by atoms with van der Waals surface area (Å²) in [7, 11) is 0. The van der Waals surface area contributed by atoms with Crippen molar-refractivity contribution in [3.8, 4) is 22.4 Å². The van der Waals surface area contributed by atoms with Crippen molar-refractivity contribution in [2.24, 2.45) is 0 Å². The van der Waals surface area contributed by atoms with E-state index in [-0.39, 0.29) is 5.41 Å². The van der Waals surface area contributed by atoms with Crippen LogP contribution in [0, 0.1) is 0 Å². The minimum atomic E-state index is 0.107. The van der Waals surface area contributed by atoms with E-state index in [9.17, 15) is 0 Å². The van der Waals surface area contributed by atoms with E-state index in [2.05, 4.69) is 99.6 Å². The number of hydrogen-bond donors (Lipinski definition) is 0. The van der Waals surface area contributed by atoms with E-state index in [0.717, 1.165) is 5.69 Å². The summed E-state index contributed by atoms with van der Waals surface area (Å²) in [6, 6.07) is 28.4. The van der Waals surface area contributed by atoms with Crippen LogP contribution in [-0.4, -0.2) is 4.98 Å². The van der Waals surface area contributed by atoms with E-state index in [1.807, 2.05) is 17.5 Å². The van der Waals surface area contributed by atoms with Crippen LogP contribution in [0.15, 0.2) is 85.1 Å². The first kappa shape index (κ1) is 18.1. The highest BCUT2D eigenvalue weighted by atomic mass is 32.1. The molecule has 0 atom stereocenters. The van der Waals surface area contributed by atoms with Gasteiger partial charge in [-0.05, 0) is 40.3 Å². The monoisotopic (exact) mass is 393 g/mol. The first-order chi connectivity index (χ1) is 14.0. The van der Waals surface area contributed by atoms with E-state index < -0.39 is 0 Å². The highest BCUT2D eigenvalue weighted by Gasteiger charge is 2.16. The number of fused-ring (bicyclic) bond motifs is 3. The lowest BCUT2D eigenvalue weighted by Gasteiger charge is -2.19. The maximum absolute atomic E-state index is 4.72. The maximum Gasteiger partial charge on any atom is 0.0719 e. The SMILES string of the molecule is CC(C)(C)c1ccnc(-c2cccc3c2sc2cc(-c4ccccc4)ccc23)c1. The van der Waals surface area contributed by atoms with Gasteiger partial charge in [-0.2, -0.15) is 0 Å². The molecule has 0 fully saturated rings. The summed E-state index contributed by atoms with van der Waals surface area (Å²) in [4.78, 5) is 4.72. The lowest BCUT2D eigenvalue weighted by atomic mass is 9.87. The van der Waals surface area contributed by atoms with Crippen LogP contribution >= 0.6 is 11.3 Å². The Morgan fingerprint density at radius 1 is 0.724 bits per heavy atom. The summed E-state index contributed by atoms with van der Waals surface area (Å²) < 4.78 is 2.63. The fourth-order valence-electron chi connectivity index (χ4n) is 3.85. The topological polar surface area (TPSA) is 12.9 Å². The van der Waals surface area contributed by atoms with Crippen molar-refractivity contribution in [1.29, 1.82) is 0 Å². The number of nitrogens with zero attached hydrogens (tertiary/aromatic N) is 1. The van der Waals surface area contributed by atoms with Crippen LogP contribution in [0.1, 0.15) is 26.3 Å². The van der Waals surface area contributed by atoms with Gasteiger partial charge in [-0.1, -0.05) is 81.4 Å². The van der Waals surface area contributed by atoms with Crippen molar-refractivity contribution in [3.63, 3.8) is 0 Å². The molecule has 0 N–H and O–H groups in total. The molecule has 5 rings (SSSR count). The summed E-state index contributed by atoms with van der Waals surface area (Å²) in [6.45, 7) is 6.74. The van der Waals surface area contributed by atoms with Crippen LogP contribution in [-0.2, 0) is 5.41 Å². The van der Waals surface area contributed by atoms with Gasteiger partial charge in [0.05, 0.1) is 5.69 Å². The predicted octanol–water partition coefficient (Wildman–Crippen LogP) is 8.08. The van der Waals surface area contributed by atoms with Crippen LogP contribution in [0.25, 0.3) is 42.6 Å². The number of hydrogen-bond acceptors (Lipinski definition) is 2. The van der Waals surface area contributed by atoms with Crippen molar-refractivity contribution in [1.82, 2.24) is 4.98 Å². The number of aromatic nitrogens is 1. The average molecular weight is 394 g/mol. The second-order valence-corrected chi connectivity index (χ2v) is 9.59. The Kier molecular flexibility index (Phi) is 4.25. The minimum absolute atomic E-state index is 0.107. The molecule has 0 spiro atoms. The molecule has 0 amide bonds. The van der Waals surface area contributed by atoms with Gasteiger partial charge in [0.1, 0.15) is 0 Å². The molecule has 0 bridgehead atoms. The van der Waals surface area contributed by atoms with Crippen LogP contribution in [0.5, 0.6) is 0 Å². The molecular formula is C27H23NS. The number of pyridine rings is 1. The zero-order chi connectivity index (χ0) is 20.0. The Labute approximate surface area is 175 Å². The summed E-state index contributed by atoms with van der Waals surface area (Å²) in [5.41, 5.74) is 6.21. The van der Waals surface area contributed by atoms with Crippen LogP contribution in [0.4, 0.5) is 0 Å². The molecule has 0 aliphatic carbocycles. The van der Waals surface area contributed by atoms with Crippen LogP contribution < -0.4 is 0 Å². The Hall–Kier alpha value is -2.97. The maximum atomic E-state index is 4.72. The zero-order valence-corrected chi connectivity index (χ0v) is 17.8. The quantitative estimate of drug-likeness (QED) is 0.295. The summed E-state index contributed by atoms with van der Waals surface area (Å²) in [5, 5.41) is 2.63. The minimum Gasteiger partial charge on any atom is -0.256 e. The van der Waals surface area contributed by atoms with E-state index >= 15 is 0 Å². The second-order valence-electron chi connectivity index (χ2n) is 8.54. The smallest absolute Gasteiger partial charge is 0.0719 e. The van der Waals surface area contributed by atoms with Gasteiger partial charge in [0.25, 0.3) is 0 Å². The van der Waals surface area contributed by atoms with Crippen LogP contribution in [0.3, 0.4) is 0 Å². The standard InChI is InChI=1S/C27H23NS/c1-27(2,3)20-14-15-28-24(17-20)23-11-7-10-22-21-13-12-19(16-25(21)29-26(22)23)18-8-5-4-6-9-18/h4-17H,1-3H3. The van der Waals surface area contributed by atoms with Crippen molar-refractivity contribution in [3.05, 3.63) is 90.6 Å². The zero-order valence-electron chi connectivity index (χ0n) is 16.9. The predicted molar refractivity (Wildman–Crippen MR) is 127 cm³/mol. The second kappa shape index (κ2) is 6.82. The van der Waals surface area contributed by atoms with Gasteiger partial charge in [-0.15, -0.1) is 11.3 Å². The molecule has 0 unspecified atom stereocenters. The molecule has 2 heterocycles. The number of thiophene rings is 1. The first-order valence-electron chi connectivity index (χ1n) is 9.98. The molecule has 5 aromatic rings. The summed E-state index contributed by atoms with van der Waals surface area (Å²) in [6.07, 6.45) is 1.94. The molecule has 2 heteroatoms. The summed E-state index contributed by atoms with van der Waals surface area (Å²) in [5.74, 6) is 0. The molecular weight excluding hydrogens is 370 g/mol. The van der Waals surface area contributed by atoms with Crippen molar-refractivity contribution in [2.45, 2.75) is 26.2 Å². The molecule has 29 heavy (non-hydrogen) atoms. The van der Waals surface area contributed by atoms with E-state index in [1.165, 1.54) is 42.4 Å². The van der Waals surface area contributed by atoms with Gasteiger partial charge >= 0.3 is 0 Å². The van der Waals surface area contributed by atoms with Gasteiger partial charge in [0.15, 0.2) is 0 Å².